The van der Waals surface area contributed by atoms with E-state index in [0.29, 0.717) is 0 Å². The number of nitrogen functional groups attached to an aromatic ring is 1. The van der Waals surface area contributed by atoms with Gasteiger partial charge in [-0.25, -0.2) is 4.98 Å². The van der Waals surface area contributed by atoms with Gasteiger partial charge in [-0.05, 0) is 29.7 Å². The first-order chi connectivity index (χ1) is 9.33. The fourth-order valence-electron chi connectivity index (χ4n) is 2.67. The molecule has 1 heterocycles. The van der Waals surface area contributed by atoms with Crippen LogP contribution in [-0.4, -0.2) is 4.98 Å². The van der Waals surface area contributed by atoms with Gasteiger partial charge in [0, 0.05) is 21.8 Å². The van der Waals surface area contributed by atoms with Crippen LogP contribution in [0.5, 0.6) is 0 Å². The van der Waals surface area contributed by atoms with Crippen LogP contribution in [0.2, 0.25) is 0 Å². The van der Waals surface area contributed by atoms with Gasteiger partial charge in [-0.3, -0.25) is 0 Å². The smallest absolute Gasteiger partial charge is 0.0716 e. The quantitative estimate of drug-likeness (QED) is 0.287. The van der Waals surface area contributed by atoms with Crippen LogP contribution in [0.4, 0.5) is 5.69 Å². The molecule has 0 aliphatic heterocycles. The van der Waals surface area contributed by atoms with E-state index in [4.69, 9.17) is 10.7 Å². The van der Waals surface area contributed by atoms with Gasteiger partial charge in [0.05, 0.1) is 11.0 Å². The highest BCUT2D eigenvalue weighted by Crippen LogP contribution is 2.30. The summed E-state index contributed by atoms with van der Waals surface area (Å²) >= 11 is 0. The summed E-state index contributed by atoms with van der Waals surface area (Å²) < 4.78 is 0. The fraction of sp³-hybridized carbons (Fsp3) is 0. The molecule has 3 aromatic carbocycles. The minimum absolute atomic E-state index is 0.806. The van der Waals surface area contributed by atoms with Crippen molar-refractivity contribution in [1.82, 2.24) is 4.98 Å². The lowest BCUT2D eigenvalue weighted by atomic mass is 10.0. The Morgan fingerprint density at radius 1 is 0.737 bits per heavy atom. The van der Waals surface area contributed by atoms with Crippen molar-refractivity contribution in [3.05, 3.63) is 60.7 Å². The lowest BCUT2D eigenvalue weighted by Crippen LogP contribution is -1.89. The molecule has 2 heteroatoms. The Morgan fingerprint density at radius 2 is 1.58 bits per heavy atom. The lowest BCUT2D eigenvalue weighted by Gasteiger charge is -2.07. The highest BCUT2D eigenvalue weighted by molar-refractivity contribution is 6.14. The van der Waals surface area contributed by atoms with Crippen LogP contribution in [0.25, 0.3) is 32.6 Å². The van der Waals surface area contributed by atoms with E-state index in [9.17, 15) is 0 Å². The summed E-state index contributed by atoms with van der Waals surface area (Å²) in [5.74, 6) is 0. The normalized spacial score (nSPS) is 11.4. The second kappa shape index (κ2) is 3.69. The number of hydrogen-bond donors (Lipinski definition) is 1. The number of rotatable bonds is 0. The molecule has 0 unspecified atom stereocenters. The number of fused-ring (bicyclic) bond motifs is 4. The summed E-state index contributed by atoms with van der Waals surface area (Å²) in [7, 11) is 0. The molecule has 0 aliphatic carbocycles. The fourth-order valence-corrected chi connectivity index (χ4v) is 2.67. The van der Waals surface area contributed by atoms with Crippen molar-refractivity contribution in [2.75, 3.05) is 5.73 Å². The Morgan fingerprint density at radius 3 is 2.53 bits per heavy atom. The van der Waals surface area contributed by atoms with E-state index >= 15 is 0 Å². The Bertz CT molecular complexity index is 926. The van der Waals surface area contributed by atoms with Crippen molar-refractivity contribution in [2.24, 2.45) is 0 Å². The van der Waals surface area contributed by atoms with Gasteiger partial charge in [-0.2, -0.15) is 0 Å². The van der Waals surface area contributed by atoms with Gasteiger partial charge >= 0.3 is 0 Å². The monoisotopic (exact) mass is 244 g/mol. The van der Waals surface area contributed by atoms with Gasteiger partial charge in [-0.15, -0.1) is 0 Å². The molecule has 0 amide bonds. The number of hydrogen-bond acceptors (Lipinski definition) is 2. The predicted molar refractivity (Wildman–Crippen MR) is 81.2 cm³/mol. The van der Waals surface area contributed by atoms with Crippen molar-refractivity contribution in [3.63, 3.8) is 0 Å². The zero-order valence-electron chi connectivity index (χ0n) is 10.3. The largest absolute Gasteiger partial charge is 0.398 e. The van der Waals surface area contributed by atoms with Crippen LogP contribution in [0.15, 0.2) is 60.7 Å². The van der Waals surface area contributed by atoms with Gasteiger partial charge in [-0.1, -0.05) is 36.4 Å². The maximum absolute atomic E-state index is 6.14. The van der Waals surface area contributed by atoms with Crippen molar-refractivity contribution in [3.8, 4) is 0 Å². The number of pyridine rings is 1. The van der Waals surface area contributed by atoms with Crippen molar-refractivity contribution in [2.45, 2.75) is 0 Å². The third kappa shape index (κ3) is 1.47. The minimum atomic E-state index is 0.806. The Hall–Kier alpha value is -2.61. The first kappa shape index (κ1) is 10.3. The van der Waals surface area contributed by atoms with Crippen molar-refractivity contribution in [1.29, 1.82) is 0 Å². The molecule has 0 saturated carbocycles. The maximum atomic E-state index is 6.14. The third-order valence-electron chi connectivity index (χ3n) is 3.57. The highest BCUT2D eigenvalue weighted by Gasteiger charge is 2.06. The molecule has 2 N–H and O–H groups in total. The van der Waals surface area contributed by atoms with Crippen molar-refractivity contribution < 1.29 is 0 Å². The number of nitrogens with zero attached hydrogens (tertiary/aromatic N) is 1. The molecule has 0 atom stereocenters. The van der Waals surface area contributed by atoms with Crippen LogP contribution in [0, 0.1) is 0 Å². The molecular formula is C17H12N2. The molecule has 0 saturated heterocycles. The summed E-state index contributed by atoms with van der Waals surface area (Å²) in [6.07, 6.45) is 0. The second-order valence-electron chi connectivity index (χ2n) is 4.76. The topological polar surface area (TPSA) is 38.9 Å². The Kier molecular flexibility index (Phi) is 2.00. The molecule has 0 radical (unpaired) electrons. The average Bonchev–Trinajstić information content (AvgIpc) is 2.45. The van der Waals surface area contributed by atoms with Crippen LogP contribution < -0.4 is 5.73 Å². The average molecular weight is 244 g/mol. The first-order valence-electron chi connectivity index (χ1n) is 6.30. The van der Waals surface area contributed by atoms with Crippen molar-refractivity contribution >= 4 is 38.3 Å². The SMILES string of the molecule is Nc1cccc2ccc3nc4ccccc4cc3c12. The summed E-state index contributed by atoms with van der Waals surface area (Å²) in [4.78, 5) is 4.71. The molecule has 0 fully saturated rings. The van der Waals surface area contributed by atoms with Crippen LogP contribution in [-0.2, 0) is 0 Å². The van der Waals surface area contributed by atoms with Gasteiger partial charge in [0.15, 0.2) is 0 Å². The summed E-state index contributed by atoms with van der Waals surface area (Å²) in [6.45, 7) is 0. The van der Waals surface area contributed by atoms with E-state index in [-0.39, 0.29) is 0 Å². The number of benzene rings is 3. The Balaban J connectivity index is 2.29. The third-order valence-corrected chi connectivity index (χ3v) is 3.57. The van der Waals surface area contributed by atoms with Gasteiger partial charge in [0.2, 0.25) is 0 Å². The van der Waals surface area contributed by atoms with Gasteiger partial charge < -0.3 is 5.73 Å². The van der Waals surface area contributed by atoms with E-state index < -0.39 is 0 Å². The molecular weight excluding hydrogens is 232 g/mol. The molecule has 2 nitrogen and oxygen atoms in total. The predicted octanol–water partition coefficient (Wildman–Crippen LogP) is 4.12. The number of nitrogens with two attached hydrogens (primary N) is 1. The molecule has 19 heavy (non-hydrogen) atoms. The molecule has 0 bridgehead atoms. The van der Waals surface area contributed by atoms with Crippen LogP contribution in [0.1, 0.15) is 0 Å². The lowest BCUT2D eigenvalue weighted by molar-refractivity contribution is 1.51. The molecule has 4 aromatic rings. The molecule has 90 valence electrons. The number of aromatic nitrogens is 1. The molecule has 1 aromatic heterocycles. The van der Waals surface area contributed by atoms with E-state index in [1.165, 1.54) is 0 Å². The Labute approximate surface area is 110 Å². The summed E-state index contributed by atoms with van der Waals surface area (Å²) in [5, 5.41) is 4.52. The summed E-state index contributed by atoms with van der Waals surface area (Å²) in [5.41, 5.74) is 8.95. The zero-order valence-corrected chi connectivity index (χ0v) is 10.3. The van der Waals surface area contributed by atoms with E-state index in [2.05, 4.69) is 30.3 Å². The molecule has 4 rings (SSSR count). The first-order valence-corrected chi connectivity index (χ1v) is 6.30. The second-order valence-corrected chi connectivity index (χ2v) is 4.76. The minimum Gasteiger partial charge on any atom is -0.398 e. The molecule has 0 aliphatic rings. The van der Waals surface area contributed by atoms with E-state index in [1.54, 1.807) is 0 Å². The van der Waals surface area contributed by atoms with Crippen LogP contribution in [0.3, 0.4) is 0 Å². The maximum Gasteiger partial charge on any atom is 0.0716 e. The standard InChI is InChI=1S/C17H12N2/c18-14-6-3-5-11-8-9-16-13(17(11)14)10-12-4-1-2-7-15(12)19-16/h1-10H,18H2. The zero-order chi connectivity index (χ0) is 12.8. The van der Waals surface area contributed by atoms with E-state index in [0.717, 1.165) is 38.3 Å². The van der Waals surface area contributed by atoms with Gasteiger partial charge in [0.1, 0.15) is 0 Å². The highest BCUT2D eigenvalue weighted by atomic mass is 14.7. The molecule has 0 spiro atoms. The number of para-hydroxylation sites is 1. The summed E-state index contributed by atoms with van der Waals surface area (Å²) in [6, 6.07) is 20.5. The number of anilines is 1. The van der Waals surface area contributed by atoms with E-state index in [1.807, 2.05) is 30.3 Å². The van der Waals surface area contributed by atoms with Crippen LogP contribution >= 0.6 is 0 Å². The van der Waals surface area contributed by atoms with Gasteiger partial charge in [0.25, 0.3) is 0 Å².